The molecule has 1 amide bonds. The van der Waals surface area contributed by atoms with E-state index >= 15 is 0 Å². The number of amides is 1. The van der Waals surface area contributed by atoms with Crippen LogP contribution in [0.1, 0.15) is 43.1 Å². The Kier molecular flexibility index (Phi) is 8.45. The van der Waals surface area contributed by atoms with E-state index in [9.17, 15) is 4.79 Å². The van der Waals surface area contributed by atoms with E-state index in [0.717, 1.165) is 62.3 Å². The van der Waals surface area contributed by atoms with Gasteiger partial charge in [0.1, 0.15) is 5.82 Å². The van der Waals surface area contributed by atoms with E-state index in [1.165, 1.54) is 11.1 Å². The molecule has 0 bridgehead atoms. The molecule has 0 saturated carbocycles. The standard InChI is InChI=1S/C25H33N3O2/c1-3-30-18-17-28-23-14-9-8-13-22(23)27-24(28)15-5-4-10-16-26-25(29)19-21-12-7-6-11-20(21)2/h6-9,11-14H,3-5,10,15-19H2,1-2H3,(H,26,29). The lowest BCUT2D eigenvalue weighted by Gasteiger charge is -2.10. The first-order chi connectivity index (χ1) is 14.7. The van der Waals surface area contributed by atoms with Crippen molar-refractivity contribution in [3.63, 3.8) is 0 Å². The fourth-order valence-corrected chi connectivity index (χ4v) is 3.72. The second kappa shape index (κ2) is 11.5. The Morgan fingerprint density at radius 2 is 1.87 bits per heavy atom. The van der Waals surface area contributed by atoms with Crippen molar-refractivity contribution >= 4 is 16.9 Å². The van der Waals surface area contributed by atoms with Crippen LogP contribution in [-0.4, -0.2) is 35.2 Å². The monoisotopic (exact) mass is 407 g/mol. The number of fused-ring (bicyclic) bond motifs is 1. The molecule has 5 heteroatoms. The molecule has 0 aliphatic heterocycles. The SMILES string of the molecule is CCOCCn1c(CCCCCNC(=O)Cc2ccccc2C)nc2ccccc21. The Bertz CT molecular complexity index is 948. The molecule has 30 heavy (non-hydrogen) atoms. The van der Waals surface area contributed by atoms with Gasteiger partial charge in [0.25, 0.3) is 0 Å². The van der Waals surface area contributed by atoms with Crippen molar-refractivity contribution in [1.29, 1.82) is 0 Å². The number of hydrogen-bond donors (Lipinski definition) is 1. The number of hydrogen-bond acceptors (Lipinski definition) is 3. The minimum atomic E-state index is 0.0991. The van der Waals surface area contributed by atoms with Gasteiger partial charge in [-0.1, -0.05) is 42.8 Å². The summed E-state index contributed by atoms with van der Waals surface area (Å²) >= 11 is 0. The van der Waals surface area contributed by atoms with Crippen molar-refractivity contribution in [3.8, 4) is 0 Å². The molecular formula is C25H33N3O2. The zero-order valence-electron chi connectivity index (χ0n) is 18.2. The fourth-order valence-electron chi connectivity index (χ4n) is 3.72. The predicted octanol–water partition coefficient (Wildman–Crippen LogP) is 4.45. The molecular weight excluding hydrogens is 374 g/mol. The molecule has 1 heterocycles. The highest BCUT2D eigenvalue weighted by molar-refractivity contribution is 5.78. The molecule has 3 rings (SSSR count). The molecule has 3 aromatic rings. The molecule has 0 unspecified atom stereocenters. The van der Waals surface area contributed by atoms with Crippen LogP contribution in [0.5, 0.6) is 0 Å². The lowest BCUT2D eigenvalue weighted by Crippen LogP contribution is -2.26. The Morgan fingerprint density at radius 1 is 1.07 bits per heavy atom. The summed E-state index contributed by atoms with van der Waals surface area (Å²) in [4.78, 5) is 17.0. The molecule has 0 aliphatic rings. The number of carbonyl (C=O) groups excluding carboxylic acids is 1. The summed E-state index contributed by atoms with van der Waals surface area (Å²) in [6.45, 7) is 7.06. The highest BCUT2D eigenvalue weighted by Gasteiger charge is 2.10. The maximum atomic E-state index is 12.2. The van der Waals surface area contributed by atoms with Crippen LogP contribution in [0, 0.1) is 6.92 Å². The lowest BCUT2D eigenvalue weighted by molar-refractivity contribution is -0.120. The van der Waals surface area contributed by atoms with Gasteiger partial charge in [0.15, 0.2) is 0 Å². The Morgan fingerprint density at radius 3 is 2.70 bits per heavy atom. The molecule has 0 spiro atoms. The van der Waals surface area contributed by atoms with Gasteiger partial charge >= 0.3 is 0 Å². The summed E-state index contributed by atoms with van der Waals surface area (Å²) in [6.07, 6.45) is 4.51. The van der Waals surface area contributed by atoms with Gasteiger partial charge in [0, 0.05) is 26.1 Å². The predicted molar refractivity (Wildman–Crippen MR) is 122 cm³/mol. The molecule has 1 N–H and O–H groups in total. The van der Waals surface area contributed by atoms with Crippen molar-refractivity contribution < 1.29 is 9.53 Å². The highest BCUT2D eigenvalue weighted by Crippen LogP contribution is 2.18. The van der Waals surface area contributed by atoms with Gasteiger partial charge in [-0.3, -0.25) is 4.79 Å². The van der Waals surface area contributed by atoms with Crippen LogP contribution in [0.15, 0.2) is 48.5 Å². The number of aromatic nitrogens is 2. The molecule has 2 aromatic carbocycles. The summed E-state index contributed by atoms with van der Waals surface area (Å²) in [5, 5.41) is 3.05. The summed E-state index contributed by atoms with van der Waals surface area (Å²) in [5.74, 6) is 1.22. The third-order valence-corrected chi connectivity index (χ3v) is 5.41. The Balaban J connectivity index is 1.42. The van der Waals surface area contributed by atoms with Crippen LogP contribution in [0.25, 0.3) is 11.0 Å². The number of nitrogens with zero attached hydrogens (tertiary/aromatic N) is 2. The van der Waals surface area contributed by atoms with Crippen LogP contribution in [0.4, 0.5) is 0 Å². The molecule has 0 fully saturated rings. The number of benzene rings is 2. The van der Waals surface area contributed by atoms with Crippen molar-refractivity contribution in [1.82, 2.24) is 14.9 Å². The Hall–Kier alpha value is -2.66. The summed E-state index contributed by atoms with van der Waals surface area (Å²) < 4.78 is 7.84. The zero-order chi connectivity index (χ0) is 21.2. The van der Waals surface area contributed by atoms with Gasteiger partial charge < -0.3 is 14.6 Å². The van der Waals surface area contributed by atoms with Gasteiger partial charge in [-0.15, -0.1) is 0 Å². The third-order valence-electron chi connectivity index (χ3n) is 5.41. The maximum absolute atomic E-state index is 12.2. The normalized spacial score (nSPS) is 11.1. The van der Waals surface area contributed by atoms with E-state index in [2.05, 4.69) is 28.1 Å². The summed E-state index contributed by atoms with van der Waals surface area (Å²) in [6, 6.07) is 16.3. The van der Waals surface area contributed by atoms with E-state index < -0.39 is 0 Å². The molecule has 5 nitrogen and oxygen atoms in total. The number of nitrogens with one attached hydrogen (secondary N) is 1. The lowest BCUT2D eigenvalue weighted by atomic mass is 10.1. The summed E-state index contributed by atoms with van der Waals surface area (Å²) in [7, 11) is 0. The van der Waals surface area contributed by atoms with Crippen LogP contribution >= 0.6 is 0 Å². The minimum Gasteiger partial charge on any atom is -0.380 e. The highest BCUT2D eigenvalue weighted by atomic mass is 16.5. The largest absolute Gasteiger partial charge is 0.380 e. The van der Waals surface area contributed by atoms with Gasteiger partial charge in [-0.2, -0.15) is 0 Å². The van der Waals surface area contributed by atoms with Crippen LogP contribution in [-0.2, 0) is 28.9 Å². The van der Waals surface area contributed by atoms with Gasteiger partial charge in [-0.05, 0) is 49.9 Å². The molecule has 1 aromatic heterocycles. The minimum absolute atomic E-state index is 0.0991. The smallest absolute Gasteiger partial charge is 0.224 e. The second-order valence-electron chi connectivity index (χ2n) is 7.63. The molecule has 0 atom stereocenters. The van der Waals surface area contributed by atoms with Crippen molar-refractivity contribution in [2.75, 3.05) is 19.8 Å². The van der Waals surface area contributed by atoms with Gasteiger partial charge in [-0.25, -0.2) is 4.98 Å². The third kappa shape index (κ3) is 6.17. The quantitative estimate of drug-likeness (QED) is 0.451. The molecule has 0 aliphatic carbocycles. The number of unbranched alkanes of at least 4 members (excludes halogenated alkanes) is 2. The zero-order valence-corrected chi connectivity index (χ0v) is 18.2. The summed E-state index contributed by atoms with van der Waals surface area (Å²) in [5.41, 5.74) is 4.49. The average molecular weight is 408 g/mol. The second-order valence-corrected chi connectivity index (χ2v) is 7.63. The fraction of sp³-hybridized carbons (Fsp3) is 0.440. The first-order valence-electron chi connectivity index (χ1n) is 11.0. The van der Waals surface area contributed by atoms with Crippen LogP contribution in [0.3, 0.4) is 0 Å². The molecule has 160 valence electrons. The van der Waals surface area contributed by atoms with Crippen molar-refractivity contribution in [2.45, 2.75) is 52.5 Å². The number of imidazole rings is 1. The van der Waals surface area contributed by atoms with E-state index in [4.69, 9.17) is 9.72 Å². The molecule has 0 saturated heterocycles. The van der Waals surface area contributed by atoms with Gasteiger partial charge in [0.2, 0.25) is 5.91 Å². The maximum Gasteiger partial charge on any atom is 0.224 e. The van der Waals surface area contributed by atoms with Crippen molar-refractivity contribution in [2.24, 2.45) is 0 Å². The van der Waals surface area contributed by atoms with E-state index in [-0.39, 0.29) is 5.91 Å². The molecule has 0 radical (unpaired) electrons. The first-order valence-corrected chi connectivity index (χ1v) is 11.0. The number of para-hydroxylation sites is 2. The Labute approximate surface area is 179 Å². The average Bonchev–Trinajstić information content (AvgIpc) is 3.10. The topological polar surface area (TPSA) is 56.1 Å². The number of carbonyl (C=O) groups is 1. The number of aryl methyl sites for hydroxylation is 2. The van der Waals surface area contributed by atoms with Gasteiger partial charge in [0.05, 0.1) is 24.1 Å². The first kappa shape index (κ1) is 22.0. The van der Waals surface area contributed by atoms with Crippen molar-refractivity contribution in [3.05, 3.63) is 65.5 Å². The van der Waals surface area contributed by atoms with E-state index in [1.807, 2.05) is 44.2 Å². The number of ether oxygens (including phenoxy) is 1. The van der Waals surface area contributed by atoms with Crippen LogP contribution in [0.2, 0.25) is 0 Å². The van der Waals surface area contributed by atoms with Crippen LogP contribution < -0.4 is 5.32 Å². The van der Waals surface area contributed by atoms with E-state index in [1.54, 1.807) is 0 Å². The number of rotatable bonds is 12. The van der Waals surface area contributed by atoms with E-state index in [0.29, 0.717) is 13.0 Å².